The van der Waals surface area contributed by atoms with E-state index in [1.54, 1.807) is 0 Å². The number of nitrogens with zero attached hydrogens (tertiary/aromatic N) is 2. The van der Waals surface area contributed by atoms with Gasteiger partial charge in [-0.3, -0.25) is 9.59 Å². The van der Waals surface area contributed by atoms with Gasteiger partial charge in [-0.1, -0.05) is 20.3 Å². The number of unbranched alkanes of at least 4 members (excludes halogenated alkanes) is 1. The quantitative estimate of drug-likeness (QED) is 0.767. The van der Waals surface area contributed by atoms with Gasteiger partial charge in [0.15, 0.2) is 0 Å². The minimum absolute atomic E-state index is 0.103. The van der Waals surface area contributed by atoms with E-state index in [1.165, 1.54) is 12.8 Å². The van der Waals surface area contributed by atoms with Crippen LogP contribution in [0.25, 0.3) is 0 Å². The lowest BCUT2D eigenvalue weighted by molar-refractivity contribution is -0.140. The normalized spacial score (nSPS) is 23.3. The molecule has 25 heavy (non-hydrogen) atoms. The second-order valence-corrected chi connectivity index (χ2v) is 8.06. The van der Waals surface area contributed by atoms with Crippen LogP contribution in [0.1, 0.15) is 58.8 Å². The molecule has 0 aromatic carbocycles. The molecule has 0 saturated carbocycles. The van der Waals surface area contributed by atoms with Crippen LogP contribution in [-0.2, 0) is 9.59 Å². The van der Waals surface area contributed by atoms with E-state index in [2.05, 4.69) is 19.2 Å². The first kappa shape index (κ1) is 20.2. The molecule has 0 aromatic heterocycles. The van der Waals surface area contributed by atoms with Crippen molar-refractivity contribution in [2.75, 3.05) is 39.8 Å². The molecule has 2 aliphatic heterocycles. The predicted octanol–water partition coefficient (Wildman–Crippen LogP) is 2.51. The van der Waals surface area contributed by atoms with Crippen LogP contribution in [0, 0.1) is 17.8 Å². The van der Waals surface area contributed by atoms with Crippen molar-refractivity contribution < 1.29 is 9.59 Å². The first-order chi connectivity index (χ1) is 12.0. The molecule has 2 rings (SSSR count). The minimum atomic E-state index is 0.103. The van der Waals surface area contributed by atoms with Crippen molar-refractivity contribution in [3.8, 4) is 0 Å². The highest BCUT2D eigenvalue weighted by atomic mass is 16.2. The maximum atomic E-state index is 12.6. The summed E-state index contributed by atoms with van der Waals surface area (Å²) in [5.41, 5.74) is 0. The number of hydrogen-bond acceptors (Lipinski definition) is 3. The summed E-state index contributed by atoms with van der Waals surface area (Å²) in [5.74, 6) is 1.72. The van der Waals surface area contributed by atoms with Crippen molar-refractivity contribution in [2.24, 2.45) is 17.8 Å². The Hall–Kier alpha value is -1.10. The van der Waals surface area contributed by atoms with Crippen LogP contribution in [0.3, 0.4) is 0 Å². The van der Waals surface area contributed by atoms with Crippen molar-refractivity contribution >= 4 is 11.8 Å². The third-order valence-corrected chi connectivity index (χ3v) is 6.06. The molecule has 2 fully saturated rings. The average molecular weight is 352 g/mol. The van der Waals surface area contributed by atoms with Gasteiger partial charge in [-0.05, 0) is 57.0 Å². The van der Waals surface area contributed by atoms with Gasteiger partial charge in [-0.15, -0.1) is 0 Å². The van der Waals surface area contributed by atoms with E-state index < -0.39 is 0 Å². The Balaban J connectivity index is 1.73. The highest BCUT2D eigenvalue weighted by Crippen LogP contribution is 2.25. The lowest BCUT2D eigenvalue weighted by atomic mass is 9.85. The standard InChI is InChI=1S/C20H37N3O2/c1-4-5-11-22(3)20(25)17-8-12-23(13-9-17)19(24)14-16(2)18-7-6-10-21-15-18/h16-18,21H,4-15H2,1-3H3. The van der Waals surface area contributed by atoms with Crippen LogP contribution < -0.4 is 5.32 Å². The van der Waals surface area contributed by atoms with Crippen molar-refractivity contribution in [1.29, 1.82) is 0 Å². The van der Waals surface area contributed by atoms with Gasteiger partial charge in [-0.25, -0.2) is 0 Å². The first-order valence-electron chi connectivity index (χ1n) is 10.3. The Morgan fingerprint density at radius 2 is 1.96 bits per heavy atom. The number of rotatable bonds is 7. The van der Waals surface area contributed by atoms with E-state index in [0.717, 1.165) is 58.4 Å². The molecule has 2 heterocycles. The molecule has 2 saturated heterocycles. The molecular formula is C20H37N3O2. The number of nitrogens with one attached hydrogen (secondary N) is 1. The second-order valence-electron chi connectivity index (χ2n) is 8.06. The van der Waals surface area contributed by atoms with Crippen LogP contribution >= 0.6 is 0 Å². The number of hydrogen-bond donors (Lipinski definition) is 1. The van der Waals surface area contributed by atoms with Gasteiger partial charge in [0, 0.05) is 39.0 Å². The molecule has 0 bridgehead atoms. The van der Waals surface area contributed by atoms with E-state index >= 15 is 0 Å². The molecule has 5 nitrogen and oxygen atoms in total. The maximum absolute atomic E-state index is 12.6. The topological polar surface area (TPSA) is 52.7 Å². The molecule has 2 atom stereocenters. The molecule has 0 radical (unpaired) electrons. The van der Waals surface area contributed by atoms with Gasteiger partial charge in [-0.2, -0.15) is 0 Å². The molecule has 5 heteroatoms. The molecule has 2 amide bonds. The number of piperidine rings is 2. The fraction of sp³-hybridized carbons (Fsp3) is 0.900. The van der Waals surface area contributed by atoms with Gasteiger partial charge in [0.2, 0.25) is 11.8 Å². The van der Waals surface area contributed by atoms with Crippen molar-refractivity contribution in [3.63, 3.8) is 0 Å². The van der Waals surface area contributed by atoms with Gasteiger partial charge < -0.3 is 15.1 Å². The largest absolute Gasteiger partial charge is 0.346 e. The fourth-order valence-corrected chi connectivity index (χ4v) is 4.13. The smallest absolute Gasteiger partial charge is 0.225 e. The number of carbonyl (C=O) groups is 2. The molecule has 2 aliphatic rings. The Kier molecular flexibility index (Phi) is 8.20. The van der Waals surface area contributed by atoms with E-state index in [0.29, 0.717) is 18.3 Å². The summed E-state index contributed by atoms with van der Waals surface area (Å²) in [7, 11) is 1.91. The van der Waals surface area contributed by atoms with Gasteiger partial charge in [0.1, 0.15) is 0 Å². The number of carbonyl (C=O) groups excluding carboxylic acids is 2. The molecule has 0 aromatic rings. The molecule has 0 spiro atoms. The summed E-state index contributed by atoms with van der Waals surface area (Å²) >= 11 is 0. The second kappa shape index (κ2) is 10.1. The monoisotopic (exact) mass is 351 g/mol. The van der Waals surface area contributed by atoms with Gasteiger partial charge in [0.05, 0.1) is 0 Å². The van der Waals surface area contributed by atoms with Crippen molar-refractivity contribution in [1.82, 2.24) is 15.1 Å². The van der Waals surface area contributed by atoms with Crippen LogP contribution in [0.2, 0.25) is 0 Å². The highest BCUT2D eigenvalue weighted by molar-refractivity contribution is 5.80. The van der Waals surface area contributed by atoms with Crippen LogP contribution in [-0.4, -0.2) is 61.4 Å². The maximum Gasteiger partial charge on any atom is 0.225 e. The van der Waals surface area contributed by atoms with E-state index in [9.17, 15) is 9.59 Å². The molecule has 2 unspecified atom stereocenters. The molecule has 0 aliphatic carbocycles. The predicted molar refractivity (Wildman–Crippen MR) is 101 cm³/mol. The van der Waals surface area contributed by atoms with Crippen molar-refractivity contribution in [3.05, 3.63) is 0 Å². The van der Waals surface area contributed by atoms with Crippen LogP contribution in [0.5, 0.6) is 0 Å². The Morgan fingerprint density at radius 3 is 2.56 bits per heavy atom. The van der Waals surface area contributed by atoms with E-state index in [-0.39, 0.29) is 17.7 Å². The highest BCUT2D eigenvalue weighted by Gasteiger charge is 2.30. The molecule has 1 N–H and O–H groups in total. The lowest BCUT2D eigenvalue weighted by Crippen LogP contribution is -2.44. The van der Waals surface area contributed by atoms with Gasteiger partial charge >= 0.3 is 0 Å². The van der Waals surface area contributed by atoms with Crippen molar-refractivity contribution in [2.45, 2.75) is 58.8 Å². The molecule has 144 valence electrons. The zero-order valence-corrected chi connectivity index (χ0v) is 16.4. The fourth-order valence-electron chi connectivity index (χ4n) is 4.13. The number of likely N-dealkylation sites (tertiary alicyclic amines) is 1. The van der Waals surface area contributed by atoms with Crippen LogP contribution in [0.4, 0.5) is 0 Å². The summed E-state index contributed by atoms with van der Waals surface area (Å²) < 4.78 is 0. The first-order valence-corrected chi connectivity index (χ1v) is 10.3. The average Bonchev–Trinajstić information content (AvgIpc) is 2.66. The third kappa shape index (κ3) is 5.98. The van der Waals surface area contributed by atoms with Gasteiger partial charge in [0.25, 0.3) is 0 Å². The lowest BCUT2D eigenvalue weighted by Gasteiger charge is -2.35. The Morgan fingerprint density at radius 1 is 1.24 bits per heavy atom. The van der Waals surface area contributed by atoms with E-state index in [1.807, 2.05) is 16.8 Å². The zero-order valence-electron chi connectivity index (χ0n) is 16.4. The number of amides is 2. The Labute approximate surface area is 153 Å². The summed E-state index contributed by atoms with van der Waals surface area (Å²) in [4.78, 5) is 29.0. The summed E-state index contributed by atoms with van der Waals surface area (Å²) in [6, 6.07) is 0. The van der Waals surface area contributed by atoms with E-state index in [4.69, 9.17) is 0 Å². The summed E-state index contributed by atoms with van der Waals surface area (Å²) in [6.45, 7) is 8.86. The third-order valence-electron chi connectivity index (χ3n) is 6.06. The molecular weight excluding hydrogens is 314 g/mol. The summed E-state index contributed by atoms with van der Waals surface area (Å²) in [5, 5.41) is 3.44. The van der Waals surface area contributed by atoms with Crippen LogP contribution in [0.15, 0.2) is 0 Å². The SMILES string of the molecule is CCCCN(C)C(=O)C1CCN(C(=O)CC(C)C2CCCNC2)CC1. The minimum Gasteiger partial charge on any atom is -0.346 e. The zero-order chi connectivity index (χ0) is 18.2. The Bertz CT molecular complexity index is 427. The summed E-state index contributed by atoms with van der Waals surface area (Å²) in [6.07, 6.45) is 6.93.